The van der Waals surface area contributed by atoms with E-state index in [4.69, 9.17) is 11.6 Å². The number of nitrogens with zero attached hydrogens (tertiary/aromatic N) is 2. The Bertz CT molecular complexity index is 1020. The van der Waals surface area contributed by atoms with Crippen molar-refractivity contribution in [2.75, 3.05) is 23.7 Å². The molecule has 1 amide bonds. The molecule has 1 atom stereocenters. The van der Waals surface area contributed by atoms with E-state index in [9.17, 15) is 4.79 Å². The Labute approximate surface area is 187 Å². The van der Waals surface area contributed by atoms with Crippen molar-refractivity contribution >= 4 is 29.0 Å². The van der Waals surface area contributed by atoms with E-state index in [-0.39, 0.29) is 5.91 Å². The van der Waals surface area contributed by atoms with Crippen LogP contribution in [0.1, 0.15) is 24.8 Å². The van der Waals surface area contributed by atoms with Crippen LogP contribution in [0.25, 0.3) is 11.1 Å². The number of hydrogen-bond acceptors (Lipinski definition) is 5. The van der Waals surface area contributed by atoms with Gasteiger partial charge in [0.25, 0.3) is 0 Å². The van der Waals surface area contributed by atoms with E-state index in [0.29, 0.717) is 29.7 Å². The minimum Gasteiger partial charge on any atom is -0.381 e. The molecule has 0 bridgehead atoms. The molecule has 1 unspecified atom stereocenters. The molecule has 3 aromatic rings. The first kappa shape index (κ1) is 21.3. The second-order valence-electron chi connectivity index (χ2n) is 7.81. The van der Waals surface area contributed by atoms with Crippen LogP contribution in [0, 0.1) is 5.92 Å². The van der Waals surface area contributed by atoms with Crippen LogP contribution in [-0.2, 0) is 11.3 Å². The second-order valence-corrected chi connectivity index (χ2v) is 8.22. The number of nitrogens with one attached hydrogen (secondary N) is 3. The van der Waals surface area contributed by atoms with Crippen molar-refractivity contribution in [2.45, 2.75) is 25.8 Å². The molecule has 2 aromatic heterocycles. The topological polar surface area (TPSA) is 78.9 Å². The summed E-state index contributed by atoms with van der Waals surface area (Å²) in [6, 6.07) is 13.8. The maximum atomic E-state index is 12.5. The molecule has 1 saturated heterocycles. The summed E-state index contributed by atoms with van der Waals surface area (Å²) in [5.74, 6) is 0.881. The number of amides is 1. The lowest BCUT2D eigenvalue weighted by molar-refractivity contribution is -0.117. The highest BCUT2D eigenvalue weighted by Crippen LogP contribution is 2.31. The van der Waals surface area contributed by atoms with Crippen molar-refractivity contribution in [3.05, 3.63) is 71.6 Å². The van der Waals surface area contributed by atoms with E-state index < -0.39 is 0 Å². The molecule has 160 valence electrons. The minimum atomic E-state index is -0.0126. The van der Waals surface area contributed by atoms with Gasteiger partial charge in [-0.3, -0.25) is 9.78 Å². The molecule has 7 heteroatoms. The van der Waals surface area contributed by atoms with E-state index in [0.717, 1.165) is 48.3 Å². The Morgan fingerprint density at radius 2 is 2.13 bits per heavy atom. The molecule has 0 radical (unpaired) electrons. The van der Waals surface area contributed by atoms with Crippen LogP contribution in [0.3, 0.4) is 0 Å². The Morgan fingerprint density at radius 1 is 1.19 bits per heavy atom. The fourth-order valence-corrected chi connectivity index (χ4v) is 4.00. The van der Waals surface area contributed by atoms with Crippen LogP contribution >= 0.6 is 11.6 Å². The van der Waals surface area contributed by atoms with E-state index in [1.54, 1.807) is 12.4 Å². The molecule has 0 aliphatic carbocycles. The molecule has 3 heterocycles. The molecular formula is C24H26ClN5O. The summed E-state index contributed by atoms with van der Waals surface area (Å²) in [7, 11) is 0. The third kappa shape index (κ3) is 6.03. The predicted octanol–water partition coefficient (Wildman–Crippen LogP) is 4.74. The molecule has 1 aliphatic rings. The summed E-state index contributed by atoms with van der Waals surface area (Å²) >= 11 is 6.44. The van der Waals surface area contributed by atoms with E-state index in [1.807, 2.05) is 48.7 Å². The van der Waals surface area contributed by atoms with E-state index >= 15 is 0 Å². The van der Waals surface area contributed by atoms with Crippen LogP contribution < -0.4 is 16.0 Å². The maximum Gasteiger partial charge on any atom is 0.225 e. The highest BCUT2D eigenvalue weighted by molar-refractivity contribution is 6.33. The van der Waals surface area contributed by atoms with Gasteiger partial charge in [-0.25, -0.2) is 4.98 Å². The van der Waals surface area contributed by atoms with Gasteiger partial charge in [0.1, 0.15) is 5.82 Å². The SMILES string of the molecule is O=C(CC1CCCNC1)Nc1cc(-c2cccc(NCc3cccnc3)c2)c(Cl)cn1. The summed E-state index contributed by atoms with van der Waals surface area (Å²) in [6.45, 7) is 2.61. The van der Waals surface area contributed by atoms with Gasteiger partial charge in [-0.2, -0.15) is 0 Å². The third-order valence-electron chi connectivity index (χ3n) is 5.39. The monoisotopic (exact) mass is 435 g/mol. The number of hydrogen-bond donors (Lipinski definition) is 3. The molecule has 4 rings (SSSR count). The van der Waals surface area contributed by atoms with Crippen LogP contribution in [0.5, 0.6) is 0 Å². The fourth-order valence-electron chi connectivity index (χ4n) is 3.79. The smallest absolute Gasteiger partial charge is 0.225 e. The normalized spacial score (nSPS) is 16.0. The molecular weight excluding hydrogens is 410 g/mol. The largest absolute Gasteiger partial charge is 0.381 e. The predicted molar refractivity (Wildman–Crippen MR) is 125 cm³/mol. The first-order chi connectivity index (χ1) is 15.2. The quantitative estimate of drug-likeness (QED) is 0.499. The minimum absolute atomic E-state index is 0.0126. The Balaban J connectivity index is 1.44. The number of carbonyl (C=O) groups is 1. The Kier molecular flexibility index (Phi) is 7.12. The summed E-state index contributed by atoms with van der Waals surface area (Å²) in [4.78, 5) is 20.9. The standard InChI is InChI=1S/C24H26ClN5O/c25-22-16-29-23(30-24(31)10-17-4-2-8-26-13-17)12-21(22)19-6-1-7-20(11-19)28-15-18-5-3-9-27-14-18/h1,3,5-7,9,11-12,14,16-17,26,28H,2,4,8,10,13,15H2,(H,29,30,31). The van der Waals surface area contributed by atoms with Crippen molar-refractivity contribution in [2.24, 2.45) is 5.92 Å². The number of pyridine rings is 2. The lowest BCUT2D eigenvalue weighted by atomic mass is 9.96. The van der Waals surface area contributed by atoms with Crippen molar-refractivity contribution in [1.29, 1.82) is 0 Å². The van der Waals surface area contributed by atoms with Crippen LogP contribution in [0.15, 0.2) is 61.1 Å². The van der Waals surface area contributed by atoms with Gasteiger partial charge in [-0.15, -0.1) is 0 Å². The van der Waals surface area contributed by atoms with E-state index in [1.165, 1.54) is 0 Å². The van der Waals surface area contributed by atoms with Crippen LogP contribution in [0.4, 0.5) is 11.5 Å². The van der Waals surface area contributed by atoms with E-state index in [2.05, 4.69) is 25.9 Å². The van der Waals surface area contributed by atoms with Crippen LogP contribution in [0.2, 0.25) is 5.02 Å². The zero-order valence-electron chi connectivity index (χ0n) is 17.3. The molecule has 0 spiro atoms. The van der Waals surface area contributed by atoms with Crippen LogP contribution in [-0.4, -0.2) is 29.0 Å². The maximum absolute atomic E-state index is 12.5. The third-order valence-corrected chi connectivity index (χ3v) is 5.69. The highest BCUT2D eigenvalue weighted by atomic mass is 35.5. The highest BCUT2D eigenvalue weighted by Gasteiger charge is 2.17. The molecule has 3 N–H and O–H groups in total. The zero-order chi connectivity index (χ0) is 21.5. The van der Waals surface area contributed by atoms with Gasteiger partial charge in [0.05, 0.1) is 5.02 Å². The average molecular weight is 436 g/mol. The number of rotatable bonds is 7. The number of piperidine rings is 1. The van der Waals surface area contributed by atoms with Gasteiger partial charge in [0, 0.05) is 42.8 Å². The van der Waals surface area contributed by atoms with Crippen molar-refractivity contribution in [3.63, 3.8) is 0 Å². The molecule has 31 heavy (non-hydrogen) atoms. The van der Waals surface area contributed by atoms with Crippen molar-refractivity contribution in [1.82, 2.24) is 15.3 Å². The summed E-state index contributed by atoms with van der Waals surface area (Å²) in [5.41, 5.74) is 3.87. The molecule has 6 nitrogen and oxygen atoms in total. The Morgan fingerprint density at radius 3 is 2.94 bits per heavy atom. The molecule has 1 fully saturated rings. The Hall–Kier alpha value is -2.96. The lowest BCUT2D eigenvalue weighted by Crippen LogP contribution is -2.32. The summed E-state index contributed by atoms with van der Waals surface area (Å²) in [6.07, 6.45) is 7.89. The molecule has 1 aromatic carbocycles. The molecule has 1 aliphatic heterocycles. The number of aromatic nitrogens is 2. The number of halogens is 1. The first-order valence-electron chi connectivity index (χ1n) is 10.6. The van der Waals surface area contributed by atoms with Gasteiger partial charge in [0.15, 0.2) is 0 Å². The number of anilines is 2. The zero-order valence-corrected chi connectivity index (χ0v) is 18.0. The van der Waals surface area contributed by atoms with Crippen molar-refractivity contribution in [3.8, 4) is 11.1 Å². The van der Waals surface area contributed by atoms with Crippen molar-refractivity contribution < 1.29 is 4.79 Å². The summed E-state index contributed by atoms with van der Waals surface area (Å²) in [5, 5.41) is 10.2. The van der Waals surface area contributed by atoms with Gasteiger partial charge >= 0.3 is 0 Å². The number of benzene rings is 1. The van der Waals surface area contributed by atoms with Gasteiger partial charge < -0.3 is 16.0 Å². The average Bonchev–Trinajstić information content (AvgIpc) is 2.80. The van der Waals surface area contributed by atoms with Gasteiger partial charge in [0.2, 0.25) is 5.91 Å². The van der Waals surface area contributed by atoms with Gasteiger partial charge in [-0.1, -0.05) is 29.8 Å². The van der Waals surface area contributed by atoms with Gasteiger partial charge in [-0.05, 0) is 67.2 Å². The lowest BCUT2D eigenvalue weighted by Gasteiger charge is -2.22. The number of carbonyl (C=O) groups excluding carboxylic acids is 1. The second kappa shape index (κ2) is 10.4. The first-order valence-corrected chi connectivity index (χ1v) is 10.9. The summed E-state index contributed by atoms with van der Waals surface area (Å²) < 4.78 is 0. The fraction of sp³-hybridized carbons (Fsp3) is 0.292. The molecule has 0 saturated carbocycles.